The van der Waals surface area contributed by atoms with E-state index in [-0.39, 0.29) is 33.8 Å². The molecule has 0 radical (unpaired) electrons. The van der Waals surface area contributed by atoms with E-state index in [1.165, 1.54) is 22.8 Å². The van der Waals surface area contributed by atoms with Gasteiger partial charge < -0.3 is 9.64 Å². The number of likely N-dealkylation sites (N-methyl/N-ethyl adjacent to an activating group) is 1. The summed E-state index contributed by atoms with van der Waals surface area (Å²) in [6.45, 7) is 6.35. The molecule has 1 aromatic heterocycles. The molecule has 29 heavy (non-hydrogen) atoms. The summed E-state index contributed by atoms with van der Waals surface area (Å²) >= 11 is 4.28. The molecule has 0 atom stereocenters. The van der Waals surface area contributed by atoms with E-state index < -0.39 is 17.3 Å². The minimum Gasteiger partial charge on any atom is -0.463 e. The molecular formula is C20H22BrFN2O4S. The highest BCUT2D eigenvalue weighted by Gasteiger charge is 2.15. The normalized spacial score (nSPS) is 12.3. The lowest BCUT2D eigenvalue weighted by molar-refractivity contribution is -0.135. The molecule has 0 aliphatic carbocycles. The van der Waals surface area contributed by atoms with E-state index in [4.69, 9.17) is 4.74 Å². The number of carbonyl (C=O) groups excluding carboxylic acids is 2. The predicted molar refractivity (Wildman–Crippen MR) is 115 cm³/mol. The summed E-state index contributed by atoms with van der Waals surface area (Å²) in [7, 11) is 0. The van der Waals surface area contributed by atoms with Gasteiger partial charge in [0.05, 0.1) is 17.2 Å². The molecular weight excluding hydrogens is 463 g/mol. The summed E-state index contributed by atoms with van der Waals surface area (Å²) < 4.78 is 21.4. The first kappa shape index (κ1) is 23.0. The molecule has 9 heteroatoms. The smallest absolute Gasteiger partial charge is 0.333 e. The van der Waals surface area contributed by atoms with Crippen LogP contribution in [0, 0.1) is 5.82 Å². The van der Waals surface area contributed by atoms with Crippen molar-refractivity contribution in [1.29, 1.82) is 0 Å². The van der Waals surface area contributed by atoms with Gasteiger partial charge in [0.2, 0.25) is 5.91 Å². The van der Waals surface area contributed by atoms with Crippen LogP contribution >= 0.6 is 27.3 Å². The Kier molecular flexibility index (Phi) is 8.33. The van der Waals surface area contributed by atoms with Crippen molar-refractivity contribution in [2.45, 2.75) is 27.3 Å². The van der Waals surface area contributed by atoms with Gasteiger partial charge in [-0.2, -0.15) is 0 Å². The van der Waals surface area contributed by atoms with Gasteiger partial charge in [-0.1, -0.05) is 15.9 Å². The Morgan fingerprint density at radius 1 is 1.28 bits per heavy atom. The molecule has 156 valence electrons. The summed E-state index contributed by atoms with van der Waals surface area (Å²) in [5, 5.41) is 0. The van der Waals surface area contributed by atoms with Crippen LogP contribution in [0.25, 0.3) is 12.2 Å². The van der Waals surface area contributed by atoms with E-state index in [9.17, 15) is 18.8 Å². The lowest BCUT2D eigenvalue weighted by Crippen LogP contribution is -2.40. The lowest BCUT2D eigenvalue weighted by atomic mass is 10.2. The quantitative estimate of drug-likeness (QED) is 0.562. The first-order valence-corrected chi connectivity index (χ1v) is 10.7. The van der Waals surface area contributed by atoms with Gasteiger partial charge in [0, 0.05) is 23.1 Å². The molecule has 2 rings (SSSR count). The SMILES string of the molecule is CCOC(=O)/C=c1\s/c(=C\c2cc(Br)ccc2F)c(=O)n1CC(=O)N(CC)CC. The molecule has 0 saturated carbocycles. The number of nitrogens with zero attached hydrogens (tertiary/aromatic N) is 2. The Hall–Kier alpha value is -2.26. The zero-order valence-corrected chi connectivity index (χ0v) is 18.8. The van der Waals surface area contributed by atoms with Crippen LogP contribution in [0.3, 0.4) is 0 Å². The maximum absolute atomic E-state index is 14.1. The number of carbonyl (C=O) groups is 2. The van der Waals surface area contributed by atoms with Crippen molar-refractivity contribution in [3.63, 3.8) is 0 Å². The monoisotopic (exact) mass is 484 g/mol. The van der Waals surface area contributed by atoms with Crippen LogP contribution < -0.4 is 14.8 Å². The molecule has 1 heterocycles. The minimum atomic E-state index is -0.613. The van der Waals surface area contributed by atoms with E-state index in [2.05, 4.69) is 15.9 Å². The number of ether oxygens (including phenoxy) is 1. The number of benzene rings is 1. The van der Waals surface area contributed by atoms with E-state index >= 15 is 0 Å². The first-order valence-electron chi connectivity index (χ1n) is 9.13. The molecule has 1 amide bonds. The fourth-order valence-corrected chi connectivity index (χ4v) is 4.06. The third kappa shape index (κ3) is 5.86. The number of thiazole rings is 1. The zero-order chi connectivity index (χ0) is 21.6. The molecule has 0 bridgehead atoms. The highest BCUT2D eigenvalue weighted by molar-refractivity contribution is 9.10. The van der Waals surface area contributed by atoms with E-state index in [1.807, 2.05) is 13.8 Å². The number of amides is 1. The van der Waals surface area contributed by atoms with E-state index in [0.29, 0.717) is 17.6 Å². The van der Waals surface area contributed by atoms with Crippen molar-refractivity contribution in [3.05, 3.63) is 53.6 Å². The first-order chi connectivity index (χ1) is 13.8. The van der Waals surface area contributed by atoms with Crippen LogP contribution in [-0.2, 0) is 20.9 Å². The van der Waals surface area contributed by atoms with Crippen molar-refractivity contribution in [2.24, 2.45) is 0 Å². The van der Waals surface area contributed by atoms with E-state index in [0.717, 1.165) is 11.3 Å². The van der Waals surface area contributed by atoms with Gasteiger partial charge in [0.15, 0.2) is 0 Å². The van der Waals surface area contributed by atoms with Crippen molar-refractivity contribution < 1.29 is 18.7 Å². The van der Waals surface area contributed by atoms with Gasteiger partial charge in [-0.15, -0.1) is 11.3 Å². The maximum Gasteiger partial charge on any atom is 0.333 e. The third-order valence-electron chi connectivity index (χ3n) is 4.12. The number of hydrogen-bond donors (Lipinski definition) is 0. The van der Waals surface area contributed by atoms with E-state index in [1.54, 1.807) is 24.0 Å². The van der Waals surface area contributed by atoms with Crippen molar-refractivity contribution in [2.75, 3.05) is 19.7 Å². The van der Waals surface area contributed by atoms with Gasteiger partial charge in [-0.05, 0) is 45.0 Å². The molecule has 0 N–H and O–H groups in total. The van der Waals surface area contributed by atoms with Crippen LogP contribution in [0.2, 0.25) is 0 Å². The molecule has 0 spiro atoms. The highest BCUT2D eigenvalue weighted by atomic mass is 79.9. The van der Waals surface area contributed by atoms with Crippen molar-refractivity contribution in [3.8, 4) is 0 Å². The lowest BCUT2D eigenvalue weighted by Gasteiger charge is -2.18. The predicted octanol–water partition coefficient (Wildman–Crippen LogP) is 1.85. The van der Waals surface area contributed by atoms with Gasteiger partial charge in [-0.3, -0.25) is 14.2 Å². The van der Waals surface area contributed by atoms with Gasteiger partial charge in [-0.25, -0.2) is 9.18 Å². The van der Waals surface area contributed by atoms with Crippen molar-refractivity contribution >= 4 is 51.3 Å². The second-order valence-corrected chi connectivity index (χ2v) is 7.95. The molecule has 0 unspecified atom stereocenters. The Bertz CT molecular complexity index is 1070. The fourth-order valence-electron chi connectivity index (χ4n) is 2.66. The van der Waals surface area contributed by atoms with Crippen LogP contribution in [0.5, 0.6) is 0 Å². The molecule has 6 nitrogen and oxygen atoms in total. The average molecular weight is 485 g/mol. The summed E-state index contributed by atoms with van der Waals surface area (Å²) in [6, 6.07) is 4.40. The number of halogens is 2. The number of esters is 1. The zero-order valence-electron chi connectivity index (χ0n) is 16.4. The van der Waals surface area contributed by atoms with Crippen LogP contribution in [0.4, 0.5) is 4.39 Å². The molecule has 0 aliphatic rings. The van der Waals surface area contributed by atoms with Crippen LogP contribution in [-0.4, -0.2) is 41.0 Å². The summed E-state index contributed by atoms with van der Waals surface area (Å²) in [4.78, 5) is 39.0. The fraction of sp³-hybridized carbons (Fsp3) is 0.350. The molecule has 2 aromatic rings. The van der Waals surface area contributed by atoms with Gasteiger partial charge >= 0.3 is 5.97 Å². The molecule has 1 aromatic carbocycles. The Labute approximate surface area is 180 Å². The second-order valence-electron chi connectivity index (χ2n) is 5.97. The average Bonchev–Trinajstić information content (AvgIpc) is 2.94. The Morgan fingerprint density at radius 2 is 1.97 bits per heavy atom. The topological polar surface area (TPSA) is 68.6 Å². The number of hydrogen-bond acceptors (Lipinski definition) is 5. The van der Waals surface area contributed by atoms with Crippen LogP contribution in [0.15, 0.2) is 27.5 Å². The number of rotatable bonds is 7. The van der Waals surface area contributed by atoms with Gasteiger partial charge in [0.1, 0.15) is 17.0 Å². The molecule has 0 saturated heterocycles. The minimum absolute atomic E-state index is 0.186. The molecule has 0 fully saturated rings. The highest BCUT2D eigenvalue weighted by Crippen LogP contribution is 2.15. The third-order valence-corrected chi connectivity index (χ3v) is 5.67. The largest absolute Gasteiger partial charge is 0.463 e. The standard InChI is InChI=1S/C20H22BrFN2O4S/c1-4-23(5-2)17(25)12-24-18(11-19(26)28-6-3)29-16(20(24)27)10-13-9-14(21)7-8-15(13)22/h7-11H,4-6,12H2,1-3H3/b16-10-,18-11-. The molecule has 0 aliphatic heterocycles. The summed E-state index contributed by atoms with van der Waals surface area (Å²) in [5.74, 6) is -1.34. The maximum atomic E-state index is 14.1. The Morgan fingerprint density at radius 3 is 2.59 bits per heavy atom. The number of aromatic nitrogens is 1. The Balaban J connectivity index is 2.63. The van der Waals surface area contributed by atoms with Crippen molar-refractivity contribution in [1.82, 2.24) is 9.47 Å². The van der Waals surface area contributed by atoms with Crippen LogP contribution in [0.1, 0.15) is 26.3 Å². The summed E-state index contributed by atoms with van der Waals surface area (Å²) in [6.07, 6.45) is 2.59. The summed E-state index contributed by atoms with van der Waals surface area (Å²) in [5.41, 5.74) is -0.243. The second kappa shape index (κ2) is 10.5. The van der Waals surface area contributed by atoms with Gasteiger partial charge in [0.25, 0.3) is 5.56 Å².